The summed E-state index contributed by atoms with van der Waals surface area (Å²) in [5.41, 5.74) is 8.18. The SMILES string of the molecule is N#CC1=C(N)N2CCSC2=C(C#N)[C@H]1c1ccccc1. The van der Waals surface area contributed by atoms with E-state index in [0.717, 1.165) is 22.9 Å². The first-order valence-electron chi connectivity index (χ1n) is 6.27. The van der Waals surface area contributed by atoms with Crippen molar-refractivity contribution in [1.82, 2.24) is 4.90 Å². The van der Waals surface area contributed by atoms with Gasteiger partial charge in [-0.15, -0.1) is 11.8 Å². The van der Waals surface area contributed by atoms with Gasteiger partial charge in [-0.05, 0) is 5.56 Å². The molecule has 20 heavy (non-hydrogen) atoms. The zero-order valence-electron chi connectivity index (χ0n) is 10.7. The average molecular weight is 280 g/mol. The highest BCUT2D eigenvalue weighted by Crippen LogP contribution is 2.45. The lowest BCUT2D eigenvalue weighted by atomic mass is 9.84. The quantitative estimate of drug-likeness (QED) is 0.853. The number of nitriles is 2. The Bertz CT molecular complexity index is 691. The fraction of sp³-hybridized carbons (Fsp3) is 0.200. The number of hydrogen-bond acceptors (Lipinski definition) is 5. The molecule has 98 valence electrons. The van der Waals surface area contributed by atoms with Crippen LogP contribution in [0, 0.1) is 22.7 Å². The van der Waals surface area contributed by atoms with Crippen LogP contribution in [0.4, 0.5) is 0 Å². The second-order valence-electron chi connectivity index (χ2n) is 4.59. The number of nitrogens with zero attached hydrogens (tertiary/aromatic N) is 3. The molecule has 0 saturated carbocycles. The van der Waals surface area contributed by atoms with Crippen LogP contribution in [0.1, 0.15) is 11.5 Å². The molecule has 4 nitrogen and oxygen atoms in total. The fourth-order valence-corrected chi connectivity index (χ4v) is 3.77. The van der Waals surface area contributed by atoms with Crippen LogP contribution in [0.3, 0.4) is 0 Å². The predicted molar refractivity (Wildman–Crippen MR) is 77.8 cm³/mol. The molecule has 3 rings (SSSR count). The number of thioether (sulfide) groups is 1. The minimum Gasteiger partial charge on any atom is -0.384 e. The molecule has 0 amide bonds. The van der Waals surface area contributed by atoms with Gasteiger partial charge in [0.25, 0.3) is 0 Å². The van der Waals surface area contributed by atoms with Crippen LogP contribution in [-0.2, 0) is 0 Å². The number of nitrogens with two attached hydrogens (primary N) is 1. The van der Waals surface area contributed by atoms with E-state index in [1.807, 2.05) is 35.2 Å². The molecule has 2 aliphatic heterocycles. The van der Waals surface area contributed by atoms with E-state index in [-0.39, 0.29) is 5.92 Å². The van der Waals surface area contributed by atoms with E-state index in [2.05, 4.69) is 12.1 Å². The number of allylic oxidation sites excluding steroid dienone is 2. The van der Waals surface area contributed by atoms with Gasteiger partial charge in [0.15, 0.2) is 0 Å². The largest absolute Gasteiger partial charge is 0.384 e. The lowest BCUT2D eigenvalue weighted by molar-refractivity contribution is 0.469. The van der Waals surface area contributed by atoms with Crippen LogP contribution < -0.4 is 5.73 Å². The summed E-state index contributed by atoms with van der Waals surface area (Å²) in [4.78, 5) is 1.89. The van der Waals surface area contributed by atoms with Gasteiger partial charge < -0.3 is 10.6 Å². The third-order valence-corrected chi connectivity index (χ3v) is 4.65. The smallest absolute Gasteiger partial charge is 0.119 e. The summed E-state index contributed by atoms with van der Waals surface area (Å²) in [7, 11) is 0. The second-order valence-corrected chi connectivity index (χ2v) is 5.67. The lowest BCUT2D eigenvalue weighted by Gasteiger charge is -2.31. The summed E-state index contributed by atoms with van der Waals surface area (Å²) < 4.78 is 0. The monoisotopic (exact) mass is 280 g/mol. The Morgan fingerprint density at radius 3 is 2.50 bits per heavy atom. The fourth-order valence-electron chi connectivity index (χ4n) is 2.64. The van der Waals surface area contributed by atoms with Gasteiger partial charge in [0.1, 0.15) is 5.82 Å². The van der Waals surface area contributed by atoms with Crippen molar-refractivity contribution in [3.63, 3.8) is 0 Å². The van der Waals surface area contributed by atoms with Crippen LogP contribution in [0.5, 0.6) is 0 Å². The second kappa shape index (κ2) is 4.96. The molecule has 2 aliphatic rings. The molecule has 0 radical (unpaired) electrons. The third kappa shape index (κ3) is 1.76. The number of rotatable bonds is 1. The summed E-state index contributed by atoms with van der Waals surface area (Å²) in [5.74, 6) is 1.03. The molecule has 0 bridgehead atoms. The van der Waals surface area contributed by atoms with E-state index in [0.29, 0.717) is 17.0 Å². The highest BCUT2D eigenvalue weighted by Gasteiger charge is 2.37. The van der Waals surface area contributed by atoms with Gasteiger partial charge in [-0.3, -0.25) is 0 Å². The first-order valence-corrected chi connectivity index (χ1v) is 7.25. The lowest BCUT2D eigenvalue weighted by Crippen LogP contribution is -2.31. The molecule has 0 aliphatic carbocycles. The van der Waals surface area contributed by atoms with E-state index in [1.165, 1.54) is 0 Å². The van der Waals surface area contributed by atoms with Crippen molar-refractivity contribution >= 4 is 11.8 Å². The number of fused-ring (bicyclic) bond motifs is 1. The standard InChI is InChI=1S/C15H12N4S/c16-8-11-13(10-4-2-1-3-5-10)12(9-17)15-19(14(11)18)6-7-20-15/h1-5,13H,6-7,18H2/t13-/m0/s1. The Labute approximate surface area is 121 Å². The minimum absolute atomic E-state index is 0.344. The maximum Gasteiger partial charge on any atom is 0.119 e. The molecule has 2 N–H and O–H groups in total. The van der Waals surface area contributed by atoms with Gasteiger partial charge in [0, 0.05) is 12.3 Å². The van der Waals surface area contributed by atoms with Gasteiger partial charge in [-0.2, -0.15) is 10.5 Å². The Balaban J connectivity index is 2.22. The normalized spacial score (nSPS) is 21.5. The van der Waals surface area contributed by atoms with Gasteiger partial charge in [0.2, 0.25) is 0 Å². The molecule has 5 heteroatoms. The molecule has 1 aromatic carbocycles. The molecule has 1 aromatic rings. The molecule has 0 unspecified atom stereocenters. The first kappa shape index (κ1) is 12.7. The van der Waals surface area contributed by atoms with Gasteiger partial charge in [-0.25, -0.2) is 0 Å². The Morgan fingerprint density at radius 1 is 1.15 bits per heavy atom. The van der Waals surface area contributed by atoms with Crippen molar-refractivity contribution < 1.29 is 0 Å². The van der Waals surface area contributed by atoms with E-state index >= 15 is 0 Å². The third-order valence-electron chi connectivity index (χ3n) is 3.55. The van der Waals surface area contributed by atoms with Gasteiger partial charge in [-0.1, -0.05) is 30.3 Å². The topological polar surface area (TPSA) is 76.8 Å². The molecular formula is C15H12N4S. The van der Waals surface area contributed by atoms with E-state index < -0.39 is 0 Å². The van der Waals surface area contributed by atoms with Crippen molar-refractivity contribution in [2.45, 2.75) is 5.92 Å². The van der Waals surface area contributed by atoms with Crippen LogP contribution >= 0.6 is 11.8 Å². The zero-order chi connectivity index (χ0) is 14.1. The van der Waals surface area contributed by atoms with Crippen molar-refractivity contribution in [2.75, 3.05) is 12.3 Å². The molecule has 1 atom stereocenters. The van der Waals surface area contributed by atoms with Crippen molar-refractivity contribution in [3.05, 3.63) is 57.9 Å². The highest BCUT2D eigenvalue weighted by molar-refractivity contribution is 8.03. The van der Waals surface area contributed by atoms with Gasteiger partial charge >= 0.3 is 0 Å². The van der Waals surface area contributed by atoms with Crippen molar-refractivity contribution in [1.29, 1.82) is 10.5 Å². The van der Waals surface area contributed by atoms with Crippen LogP contribution in [0.25, 0.3) is 0 Å². The van der Waals surface area contributed by atoms with Crippen LogP contribution in [-0.4, -0.2) is 17.2 Å². The average Bonchev–Trinajstić information content (AvgIpc) is 2.97. The summed E-state index contributed by atoms with van der Waals surface area (Å²) in [6.45, 7) is 0.754. The maximum atomic E-state index is 9.55. The van der Waals surface area contributed by atoms with E-state index in [4.69, 9.17) is 5.73 Å². The summed E-state index contributed by atoms with van der Waals surface area (Å²) in [5, 5.41) is 19.9. The zero-order valence-corrected chi connectivity index (χ0v) is 11.5. The molecule has 1 fully saturated rings. The molecular weight excluding hydrogens is 268 g/mol. The van der Waals surface area contributed by atoms with Crippen molar-refractivity contribution in [3.8, 4) is 12.1 Å². The first-order chi connectivity index (χ1) is 9.77. The maximum absolute atomic E-state index is 9.55. The Hall–Kier alpha value is -2.37. The summed E-state index contributed by atoms with van der Waals surface area (Å²) in [6.07, 6.45) is 0. The minimum atomic E-state index is -0.344. The van der Waals surface area contributed by atoms with Crippen molar-refractivity contribution in [2.24, 2.45) is 5.73 Å². The predicted octanol–water partition coefficient (Wildman–Crippen LogP) is 2.26. The Morgan fingerprint density at radius 2 is 1.85 bits per heavy atom. The highest BCUT2D eigenvalue weighted by atomic mass is 32.2. The Kier molecular flexibility index (Phi) is 3.14. The number of benzene rings is 1. The van der Waals surface area contributed by atoms with Gasteiger partial charge in [0.05, 0.1) is 34.2 Å². The molecule has 0 spiro atoms. The summed E-state index contributed by atoms with van der Waals surface area (Å²) in [6, 6.07) is 14.1. The summed E-state index contributed by atoms with van der Waals surface area (Å²) >= 11 is 1.63. The van der Waals surface area contributed by atoms with Crippen LogP contribution in [0.15, 0.2) is 52.3 Å². The molecule has 2 heterocycles. The molecule has 0 aromatic heterocycles. The van der Waals surface area contributed by atoms with E-state index in [1.54, 1.807) is 11.8 Å². The van der Waals surface area contributed by atoms with Crippen LogP contribution in [0.2, 0.25) is 0 Å². The molecule has 1 saturated heterocycles. The van der Waals surface area contributed by atoms with E-state index in [9.17, 15) is 10.5 Å². The number of hydrogen-bond donors (Lipinski definition) is 1.